The van der Waals surface area contributed by atoms with E-state index in [2.05, 4.69) is 0 Å². The van der Waals surface area contributed by atoms with Crippen LogP contribution in [0.1, 0.15) is 12.0 Å². The Morgan fingerprint density at radius 1 is 1.11 bits per heavy atom. The van der Waals surface area contributed by atoms with Crippen molar-refractivity contribution in [2.75, 3.05) is 19.7 Å². The van der Waals surface area contributed by atoms with Gasteiger partial charge in [-0.15, -0.1) is 0 Å². The number of hydrogen-bond acceptors (Lipinski definition) is 8. The number of carbonyl (C=O) groups excluding carboxylic acids is 1. The summed E-state index contributed by atoms with van der Waals surface area (Å²) in [6, 6.07) is 9.27. The summed E-state index contributed by atoms with van der Waals surface area (Å²) in [5.41, 5.74) is 0.863. The molecule has 27 heavy (non-hydrogen) atoms. The molecule has 1 aromatic rings. The number of likely N-dealkylation sites (tertiary alicyclic amines) is 1. The van der Waals surface area contributed by atoms with Crippen molar-refractivity contribution < 1.29 is 39.4 Å². The third kappa shape index (κ3) is 4.95. The summed E-state index contributed by atoms with van der Waals surface area (Å²) in [5, 5.41) is 39.3. The van der Waals surface area contributed by atoms with Crippen molar-refractivity contribution in [3.63, 3.8) is 0 Å². The Morgan fingerprint density at radius 2 is 1.85 bits per heavy atom. The summed E-state index contributed by atoms with van der Waals surface area (Å²) >= 11 is 0. The van der Waals surface area contributed by atoms with Gasteiger partial charge in [0.15, 0.2) is 6.29 Å². The zero-order valence-electron chi connectivity index (χ0n) is 14.8. The van der Waals surface area contributed by atoms with Gasteiger partial charge >= 0.3 is 6.09 Å². The van der Waals surface area contributed by atoms with E-state index in [1.165, 1.54) is 4.90 Å². The van der Waals surface area contributed by atoms with Gasteiger partial charge in [0.2, 0.25) is 0 Å². The molecule has 150 valence electrons. The topological polar surface area (TPSA) is 129 Å². The molecular formula is C18H25NO8. The Kier molecular flexibility index (Phi) is 6.64. The van der Waals surface area contributed by atoms with Crippen LogP contribution in [0.4, 0.5) is 4.79 Å². The monoisotopic (exact) mass is 383 g/mol. The molecule has 1 aromatic carbocycles. The van der Waals surface area contributed by atoms with Gasteiger partial charge in [-0.2, -0.15) is 0 Å². The van der Waals surface area contributed by atoms with E-state index in [4.69, 9.17) is 14.2 Å². The highest BCUT2D eigenvalue weighted by Crippen LogP contribution is 2.22. The lowest BCUT2D eigenvalue weighted by Gasteiger charge is -2.40. The normalized spacial score (nSPS) is 34.3. The number of rotatable bonds is 4. The second kappa shape index (κ2) is 8.96. The Labute approximate surface area is 156 Å². The van der Waals surface area contributed by atoms with Crippen LogP contribution in [0.2, 0.25) is 0 Å². The number of benzene rings is 1. The molecular weight excluding hydrogens is 358 g/mol. The molecule has 0 unspecified atom stereocenters. The van der Waals surface area contributed by atoms with Crippen LogP contribution in [0, 0.1) is 0 Å². The van der Waals surface area contributed by atoms with Crippen LogP contribution in [-0.4, -0.2) is 87.9 Å². The fourth-order valence-electron chi connectivity index (χ4n) is 3.09. The SMILES string of the molecule is O=C(OCc1ccccc1)N1CC[C@@H](O)[C@H](O[C@@H]2OC[C@@H](O)[C@H](O)[C@H]2O)C1. The summed E-state index contributed by atoms with van der Waals surface area (Å²) < 4.78 is 16.1. The summed E-state index contributed by atoms with van der Waals surface area (Å²) in [7, 11) is 0. The highest BCUT2D eigenvalue weighted by molar-refractivity contribution is 5.67. The number of aliphatic hydroxyl groups excluding tert-OH is 4. The number of aliphatic hydroxyl groups is 4. The molecule has 4 N–H and O–H groups in total. The molecule has 0 spiro atoms. The standard InChI is InChI=1S/C18H25NO8/c20-12-6-7-19(18(24)26-9-11-4-2-1-3-5-11)8-14(12)27-17-16(23)15(22)13(21)10-25-17/h1-5,12-17,20-23H,6-10H2/t12-,13-,14-,15+,16-,17+/m1/s1. The maximum Gasteiger partial charge on any atom is 0.410 e. The average molecular weight is 383 g/mol. The van der Waals surface area contributed by atoms with Gasteiger partial charge in [0.25, 0.3) is 0 Å². The van der Waals surface area contributed by atoms with Crippen LogP contribution in [0.25, 0.3) is 0 Å². The molecule has 2 aliphatic rings. The minimum Gasteiger partial charge on any atom is -0.445 e. The third-order valence-corrected chi connectivity index (χ3v) is 4.75. The van der Waals surface area contributed by atoms with Gasteiger partial charge in [-0.3, -0.25) is 0 Å². The van der Waals surface area contributed by atoms with Crippen LogP contribution in [0.5, 0.6) is 0 Å². The molecule has 0 aromatic heterocycles. The number of amides is 1. The fraction of sp³-hybridized carbons (Fsp3) is 0.611. The first-order chi connectivity index (χ1) is 13.0. The lowest BCUT2D eigenvalue weighted by atomic mass is 10.0. The molecule has 2 saturated heterocycles. The molecule has 0 bridgehead atoms. The van der Waals surface area contributed by atoms with Crippen molar-refractivity contribution in [2.24, 2.45) is 0 Å². The van der Waals surface area contributed by atoms with E-state index in [0.717, 1.165) is 5.56 Å². The van der Waals surface area contributed by atoms with E-state index in [-0.39, 0.29) is 26.2 Å². The predicted octanol–water partition coefficient (Wildman–Crippen LogP) is -0.786. The number of hydrogen-bond donors (Lipinski definition) is 4. The van der Waals surface area contributed by atoms with E-state index < -0.39 is 42.9 Å². The second-order valence-electron chi connectivity index (χ2n) is 6.77. The molecule has 3 rings (SSSR count). The van der Waals surface area contributed by atoms with Crippen LogP contribution >= 0.6 is 0 Å². The van der Waals surface area contributed by atoms with E-state index in [1.807, 2.05) is 30.3 Å². The van der Waals surface area contributed by atoms with Crippen molar-refractivity contribution in [1.29, 1.82) is 0 Å². The Balaban J connectivity index is 1.53. The lowest BCUT2D eigenvalue weighted by Crippen LogP contribution is -2.57. The summed E-state index contributed by atoms with van der Waals surface area (Å²) in [4.78, 5) is 13.7. The minimum atomic E-state index is -1.46. The van der Waals surface area contributed by atoms with Crippen LogP contribution in [-0.2, 0) is 20.8 Å². The van der Waals surface area contributed by atoms with Gasteiger partial charge in [-0.25, -0.2) is 4.79 Å². The summed E-state index contributed by atoms with van der Waals surface area (Å²) in [6.07, 6.45) is -7.20. The van der Waals surface area contributed by atoms with Gasteiger partial charge in [0.1, 0.15) is 31.0 Å². The quantitative estimate of drug-likeness (QED) is 0.533. The first kappa shape index (κ1) is 20.0. The van der Waals surface area contributed by atoms with E-state index in [1.54, 1.807) is 0 Å². The van der Waals surface area contributed by atoms with Gasteiger partial charge in [-0.05, 0) is 12.0 Å². The average Bonchev–Trinajstić information content (AvgIpc) is 2.69. The Morgan fingerprint density at radius 3 is 2.59 bits per heavy atom. The minimum absolute atomic E-state index is 0.0556. The highest BCUT2D eigenvalue weighted by atomic mass is 16.7. The number of nitrogens with zero attached hydrogens (tertiary/aromatic N) is 1. The maximum atomic E-state index is 12.3. The van der Waals surface area contributed by atoms with Crippen molar-refractivity contribution in [1.82, 2.24) is 4.90 Å². The van der Waals surface area contributed by atoms with E-state index in [0.29, 0.717) is 6.54 Å². The molecule has 2 heterocycles. The fourth-order valence-corrected chi connectivity index (χ4v) is 3.09. The molecule has 0 radical (unpaired) electrons. The molecule has 0 aliphatic carbocycles. The van der Waals surface area contributed by atoms with E-state index >= 15 is 0 Å². The number of ether oxygens (including phenoxy) is 3. The predicted molar refractivity (Wildman–Crippen MR) is 91.5 cm³/mol. The van der Waals surface area contributed by atoms with Crippen LogP contribution in [0.15, 0.2) is 30.3 Å². The third-order valence-electron chi connectivity index (χ3n) is 4.75. The second-order valence-corrected chi connectivity index (χ2v) is 6.77. The van der Waals surface area contributed by atoms with Gasteiger partial charge in [-0.1, -0.05) is 30.3 Å². The smallest absolute Gasteiger partial charge is 0.410 e. The van der Waals surface area contributed by atoms with Crippen LogP contribution < -0.4 is 0 Å². The highest BCUT2D eigenvalue weighted by Gasteiger charge is 2.42. The van der Waals surface area contributed by atoms with Crippen molar-refractivity contribution in [2.45, 2.75) is 49.8 Å². The maximum absolute atomic E-state index is 12.3. The van der Waals surface area contributed by atoms with E-state index in [9.17, 15) is 25.2 Å². The molecule has 2 aliphatic heterocycles. The molecule has 6 atom stereocenters. The Hall–Kier alpha value is -1.75. The molecule has 9 nitrogen and oxygen atoms in total. The first-order valence-electron chi connectivity index (χ1n) is 8.90. The molecule has 1 amide bonds. The Bertz CT molecular complexity index is 615. The lowest BCUT2D eigenvalue weighted by molar-refractivity contribution is -0.293. The zero-order chi connectivity index (χ0) is 19.4. The van der Waals surface area contributed by atoms with Gasteiger partial charge < -0.3 is 39.5 Å². The van der Waals surface area contributed by atoms with Crippen molar-refractivity contribution in [3.8, 4) is 0 Å². The molecule has 0 saturated carbocycles. The number of carbonyl (C=O) groups is 1. The zero-order valence-corrected chi connectivity index (χ0v) is 14.8. The van der Waals surface area contributed by atoms with Gasteiger partial charge in [0, 0.05) is 6.54 Å². The largest absolute Gasteiger partial charge is 0.445 e. The van der Waals surface area contributed by atoms with Crippen LogP contribution in [0.3, 0.4) is 0 Å². The molecule has 2 fully saturated rings. The molecule has 9 heteroatoms. The van der Waals surface area contributed by atoms with Crippen molar-refractivity contribution >= 4 is 6.09 Å². The summed E-state index contributed by atoms with van der Waals surface area (Å²) in [6.45, 7) is 0.303. The van der Waals surface area contributed by atoms with Crippen molar-refractivity contribution in [3.05, 3.63) is 35.9 Å². The first-order valence-corrected chi connectivity index (χ1v) is 8.90. The summed E-state index contributed by atoms with van der Waals surface area (Å²) in [5.74, 6) is 0. The number of piperidine rings is 1. The van der Waals surface area contributed by atoms with Gasteiger partial charge in [0.05, 0.1) is 19.3 Å².